The second-order valence-corrected chi connectivity index (χ2v) is 6.57. The number of aryl methyl sites for hydroxylation is 1. The lowest BCUT2D eigenvalue weighted by molar-refractivity contribution is -0.142. The molecule has 2 aromatic rings. The highest BCUT2D eigenvalue weighted by Gasteiger charge is 2.34. The van der Waals surface area contributed by atoms with Crippen molar-refractivity contribution >= 4 is 38.8 Å². The first-order valence-electron chi connectivity index (χ1n) is 7.19. The number of hydrogen-bond acceptors (Lipinski definition) is 3. The molecule has 2 atom stereocenters. The van der Waals surface area contributed by atoms with E-state index in [1.807, 2.05) is 19.1 Å². The zero-order chi connectivity index (χ0) is 15.9. The Morgan fingerprint density at radius 2 is 2.14 bits per heavy atom. The van der Waals surface area contributed by atoms with Crippen molar-refractivity contribution in [3.8, 4) is 0 Å². The molecule has 0 spiro atoms. The fourth-order valence-electron chi connectivity index (χ4n) is 3.07. The van der Waals surface area contributed by atoms with Crippen LogP contribution in [0.2, 0.25) is 0 Å². The van der Waals surface area contributed by atoms with Gasteiger partial charge in [0.25, 0.3) is 5.91 Å². The van der Waals surface area contributed by atoms with E-state index in [0.717, 1.165) is 21.8 Å². The second-order valence-electron chi connectivity index (χ2n) is 5.65. The monoisotopic (exact) mass is 365 g/mol. The van der Waals surface area contributed by atoms with E-state index in [1.54, 1.807) is 6.07 Å². The summed E-state index contributed by atoms with van der Waals surface area (Å²) < 4.78 is 6.56. The first-order valence-corrected chi connectivity index (χ1v) is 7.99. The minimum atomic E-state index is -0.854. The molecule has 0 bridgehead atoms. The van der Waals surface area contributed by atoms with Gasteiger partial charge in [-0.05, 0) is 38.0 Å². The van der Waals surface area contributed by atoms with Crippen LogP contribution in [0.1, 0.15) is 35.4 Å². The molecular formula is C16H16BrNO4. The van der Waals surface area contributed by atoms with Crippen molar-refractivity contribution in [2.24, 2.45) is 5.92 Å². The van der Waals surface area contributed by atoms with Crippen LogP contribution in [0.25, 0.3) is 11.0 Å². The van der Waals surface area contributed by atoms with Gasteiger partial charge in [-0.25, -0.2) is 0 Å². The number of carbonyl (C=O) groups excluding carboxylic acids is 1. The van der Waals surface area contributed by atoms with E-state index in [1.165, 1.54) is 0 Å². The molecule has 2 N–H and O–H groups in total. The molecule has 1 aliphatic rings. The maximum absolute atomic E-state index is 12.4. The second kappa shape index (κ2) is 5.76. The summed E-state index contributed by atoms with van der Waals surface area (Å²) in [4.78, 5) is 23.6. The van der Waals surface area contributed by atoms with E-state index < -0.39 is 11.9 Å². The summed E-state index contributed by atoms with van der Waals surface area (Å²) in [6.07, 6.45) is 2.11. The Morgan fingerprint density at radius 3 is 2.86 bits per heavy atom. The number of carboxylic acid groups (broad SMARTS) is 1. The number of aliphatic carboxylic acids is 1. The van der Waals surface area contributed by atoms with Gasteiger partial charge in [-0.15, -0.1) is 0 Å². The van der Waals surface area contributed by atoms with Crippen molar-refractivity contribution in [1.29, 1.82) is 0 Å². The Morgan fingerprint density at radius 1 is 1.36 bits per heavy atom. The highest BCUT2D eigenvalue weighted by molar-refractivity contribution is 9.10. The van der Waals surface area contributed by atoms with Crippen molar-refractivity contribution in [3.63, 3.8) is 0 Å². The Bertz CT molecular complexity index is 752. The molecule has 0 radical (unpaired) electrons. The molecule has 1 aliphatic carbocycles. The van der Waals surface area contributed by atoms with Gasteiger partial charge in [0.05, 0.1) is 5.92 Å². The van der Waals surface area contributed by atoms with Crippen molar-refractivity contribution < 1.29 is 19.1 Å². The lowest BCUT2D eigenvalue weighted by Crippen LogP contribution is -2.40. The Hall–Kier alpha value is -1.82. The van der Waals surface area contributed by atoms with Crippen LogP contribution in [0.4, 0.5) is 0 Å². The number of rotatable bonds is 3. The van der Waals surface area contributed by atoms with Gasteiger partial charge in [0, 0.05) is 21.5 Å². The number of furan rings is 1. The third kappa shape index (κ3) is 2.63. The lowest BCUT2D eigenvalue weighted by Gasteiger charge is -2.16. The van der Waals surface area contributed by atoms with Crippen LogP contribution in [0, 0.1) is 12.8 Å². The number of halogens is 1. The summed E-state index contributed by atoms with van der Waals surface area (Å²) in [6, 6.07) is 5.23. The molecule has 6 heteroatoms. The van der Waals surface area contributed by atoms with Crippen LogP contribution < -0.4 is 5.32 Å². The fourth-order valence-corrected chi connectivity index (χ4v) is 3.43. The van der Waals surface area contributed by atoms with Crippen molar-refractivity contribution in [1.82, 2.24) is 5.32 Å². The molecule has 1 heterocycles. The molecule has 1 aromatic carbocycles. The van der Waals surface area contributed by atoms with Gasteiger partial charge in [-0.2, -0.15) is 0 Å². The molecule has 1 amide bonds. The molecule has 3 rings (SSSR count). The van der Waals surface area contributed by atoms with E-state index in [0.29, 0.717) is 18.4 Å². The SMILES string of the molecule is Cc1c(C(=O)N[C@@H]2CCC[C@@H]2C(=O)O)oc2ccc(Br)cc12. The van der Waals surface area contributed by atoms with E-state index in [9.17, 15) is 14.7 Å². The number of nitrogens with one attached hydrogen (secondary N) is 1. The third-order valence-electron chi connectivity index (χ3n) is 4.25. The molecule has 1 aromatic heterocycles. The fraction of sp³-hybridized carbons (Fsp3) is 0.375. The molecule has 0 aliphatic heterocycles. The van der Waals surface area contributed by atoms with Gasteiger partial charge in [0.15, 0.2) is 5.76 Å². The molecule has 0 saturated heterocycles. The van der Waals surface area contributed by atoms with Crippen LogP contribution in [0.15, 0.2) is 27.1 Å². The quantitative estimate of drug-likeness (QED) is 0.872. The van der Waals surface area contributed by atoms with Crippen LogP contribution >= 0.6 is 15.9 Å². The smallest absolute Gasteiger partial charge is 0.308 e. The summed E-state index contributed by atoms with van der Waals surface area (Å²) in [6.45, 7) is 1.83. The summed E-state index contributed by atoms with van der Waals surface area (Å²) in [5.74, 6) is -1.46. The van der Waals surface area contributed by atoms with Gasteiger partial charge in [0.1, 0.15) is 5.58 Å². The van der Waals surface area contributed by atoms with Gasteiger partial charge in [-0.1, -0.05) is 22.4 Å². The Labute approximate surface area is 135 Å². The maximum atomic E-state index is 12.4. The lowest BCUT2D eigenvalue weighted by atomic mass is 10.0. The standard InChI is InChI=1S/C16H16BrNO4/c1-8-11-7-9(17)5-6-13(11)22-14(8)15(19)18-12-4-2-3-10(12)16(20)21/h5-7,10,12H,2-4H2,1H3,(H,18,19)(H,20,21)/t10-,12+/m0/s1. The van der Waals surface area contributed by atoms with Gasteiger partial charge >= 0.3 is 5.97 Å². The molecule has 22 heavy (non-hydrogen) atoms. The average molecular weight is 366 g/mol. The highest BCUT2D eigenvalue weighted by atomic mass is 79.9. The predicted octanol–water partition coefficient (Wildman–Crippen LogP) is 3.49. The molecule has 0 unspecified atom stereocenters. The van der Waals surface area contributed by atoms with Gasteiger partial charge < -0.3 is 14.8 Å². The largest absolute Gasteiger partial charge is 0.481 e. The maximum Gasteiger partial charge on any atom is 0.308 e. The number of amides is 1. The number of hydrogen-bond donors (Lipinski definition) is 2. The minimum Gasteiger partial charge on any atom is -0.481 e. The summed E-state index contributed by atoms with van der Waals surface area (Å²) in [7, 11) is 0. The first kappa shape index (κ1) is 15.1. The van der Waals surface area contributed by atoms with Crippen LogP contribution in [-0.2, 0) is 4.79 Å². The molecule has 116 valence electrons. The Balaban J connectivity index is 1.86. The molecule has 5 nitrogen and oxygen atoms in total. The van der Waals surface area contributed by atoms with Crippen molar-refractivity contribution in [3.05, 3.63) is 34.0 Å². The number of fused-ring (bicyclic) bond motifs is 1. The van der Waals surface area contributed by atoms with Crippen LogP contribution in [-0.4, -0.2) is 23.0 Å². The number of benzene rings is 1. The topological polar surface area (TPSA) is 79.5 Å². The number of carbonyl (C=O) groups is 2. The van der Waals surface area contributed by atoms with Crippen molar-refractivity contribution in [2.75, 3.05) is 0 Å². The zero-order valence-electron chi connectivity index (χ0n) is 12.1. The first-order chi connectivity index (χ1) is 10.5. The molecule has 1 fully saturated rings. The summed E-state index contributed by atoms with van der Waals surface area (Å²) >= 11 is 3.40. The summed E-state index contributed by atoms with van der Waals surface area (Å²) in [5.41, 5.74) is 1.41. The molecular weight excluding hydrogens is 350 g/mol. The normalized spacial score (nSPS) is 21.2. The van der Waals surface area contributed by atoms with Crippen LogP contribution in [0.3, 0.4) is 0 Å². The van der Waals surface area contributed by atoms with E-state index in [4.69, 9.17) is 4.42 Å². The van der Waals surface area contributed by atoms with E-state index in [-0.39, 0.29) is 17.7 Å². The minimum absolute atomic E-state index is 0.254. The number of carboxylic acids is 1. The Kier molecular flexibility index (Phi) is 3.95. The van der Waals surface area contributed by atoms with Crippen LogP contribution in [0.5, 0.6) is 0 Å². The highest BCUT2D eigenvalue weighted by Crippen LogP contribution is 2.30. The van der Waals surface area contributed by atoms with E-state index in [2.05, 4.69) is 21.2 Å². The average Bonchev–Trinajstić information content (AvgIpc) is 3.04. The molecule has 1 saturated carbocycles. The van der Waals surface area contributed by atoms with Crippen molar-refractivity contribution in [2.45, 2.75) is 32.2 Å². The summed E-state index contributed by atoms with van der Waals surface area (Å²) in [5, 5.41) is 12.9. The predicted molar refractivity (Wildman–Crippen MR) is 84.9 cm³/mol. The van der Waals surface area contributed by atoms with E-state index >= 15 is 0 Å². The van der Waals surface area contributed by atoms with Gasteiger partial charge in [-0.3, -0.25) is 9.59 Å². The zero-order valence-corrected chi connectivity index (χ0v) is 13.6. The third-order valence-corrected chi connectivity index (χ3v) is 4.75. The van der Waals surface area contributed by atoms with Gasteiger partial charge in [0.2, 0.25) is 0 Å².